The Morgan fingerprint density at radius 1 is 1.10 bits per heavy atom. The molecule has 8 heteroatoms. The van der Waals surface area contributed by atoms with Gasteiger partial charge in [0.1, 0.15) is 23.2 Å². The fraction of sp³-hybridized carbons (Fsp3) is 0.0476. The number of nitriles is 1. The van der Waals surface area contributed by atoms with Gasteiger partial charge in [-0.15, -0.1) is 11.3 Å². The first kappa shape index (κ1) is 18.4. The highest BCUT2D eigenvalue weighted by atomic mass is 32.1. The van der Waals surface area contributed by atoms with E-state index in [2.05, 4.69) is 15.6 Å². The fourth-order valence-corrected chi connectivity index (χ4v) is 3.49. The van der Waals surface area contributed by atoms with Crippen molar-refractivity contribution in [2.75, 3.05) is 0 Å². The lowest BCUT2D eigenvalue weighted by atomic mass is 10.0. The SMILES string of the molecule is N#C/C(C(=O)NCc1ccco1)=C1/N=C(NC(=O)c2cccs2)c2ccccc21. The van der Waals surface area contributed by atoms with Crippen molar-refractivity contribution in [3.8, 4) is 6.07 Å². The number of nitrogens with one attached hydrogen (secondary N) is 2. The van der Waals surface area contributed by atoms with Crippen molar-refractivity contribution in [2.45, 2.75) is 6.54 Å². The molecule has 0 spiro atoms. The Labute approximate surface area is 170 Å². The number of thiophene rings is 1. The first-order valence-corrected chi connectivity index (χ1v) is 9.53. The Morgan fingerprint density at radius 3 is 2.62 bits per heavy atom. The molecule has 2 aromatic heterocycles. The molecule has 4 rings (SSSR count). The largest absolute Gasteiger partial charge is 0.467 e. The molecule has 3 aromatic rings. The molecule has 7 nitrogen and oxygen atoms in total. The molecule has 1 aromatic carbocycles. The van der Waals surface area contributed by atoms with E-state index >= 15 is 0 Å². The van der Waals surface area contributed by atoms with Crippen LogP contribution in [-0.2, 0) is 11.3 Å². The maximum absolute atomic E-state index is 12.6. The number of hydrogen-bond acceptors (Lipinski definition) is 6. The molecule has 2 amide bonds. The predicted molar refractivity (Wildman–Crippen MR) is 108 cm³/mol. The monoisotopic (exact) mass is 402 g/mol. The second-order valence-electron chi connectivity index (χ2n) is 6.03. The third kappa shape index (κ3) is 3.72. The molecule has 0 radical (unpaired) electrons. The number of carbonyl (C=O) groups is 2. The molecule has 0 unspecified atom stereocenters. The van der Waals surface area contributed by atoms with Crippen LogP contribution in [0.15, 0.2) is 75.2 Å². The summed E-state index contributed by atoms with van der Waals surface area (Å²) < 4.78 is 5.19. The van der Waals surface area contributed by atoms with Gasteiger partial charge in [-0.3, -0.25) is 9.59 Å². The number of nitrogens with zero attached hydrogens (tertiary/aromatic N) is 2. The average molecular weight is 402 g/mol. The maximum atomic E-state index is 12.6. The van der Waals surface area contributed by atoms with Crippen molar-refractivity contribution in [2.24, 2.45) is 4.99 Å². The summed E-state index contributed by atoms with van der Waals surface area (Å²) in [6.45, 7) is 0.150. The number of benzene rings is 1. The number of fused-ring (bicyclic) bond motifs is 1. The Hall–Kier alpha value is -3.96. The first-order chi connectivity index (χ1) is 14.2. The van der Waals surface area contributed by atoms with E-state index in [0.29, 0.717) is 27.6 Å². The van der Waals surface area contributed by atoms with Gasteiger partial charge in [-0.05, 0) is 23.6 Å². The molecule has 29 heavy (non-hydrogen) atoms. The Bertz CT molecular complexity index is 1170. The summed E-state index contributed by atoms with van der Waals surface area (Å²) >= 11 is 1.31. The lowest BCUT2D eigenvalue weighted by Gasteiger charge is -2.05. The minimum Gasteiger partial charge on any atom is -0.467 e. The van der Waals surface area contributed by atoms with Crippen LogP contribution in [0.2, 0.25) is 0 Å². The van der Waals surface area contributed by atoms with Crippen LogP contribution in [0.3, 0.4) is 0 Å². The Balaban J connectivity index is 1.65. The molecular formula is C21H14N4O3S. The van der Waals surface area contributed by atoms with Crippen LogP contribution in [0.5, 0.6) is 0 Å². The molecule has 0 atom stereocenters. The number of amides is 2. The zero-order valence-corrected chi connectivity index (χ0v) is 15.8. The fourth-order valence-electron chi connectivity index (χ4n) is 2.87. The second kappa shape index (κ2) is 7.96. The number of aliphatic imine (C=N–C) groups is 1. The summed E-state index contributed by atoms with van der Waals surface area (Å²) in [6, 6.07) is 16.0. The number of carbonyl (C=O) groups excluding carboxylic acids is 2. The molecule has 1 aliphatic rings. The first-order valence-electron chi connectivity index (χ1n) is 8.65. The normalized spacial score (nSPS) is 13.8. The smallest absolute Gasteiger partial charge is 0.266 e. The van der Waals surface area contributed by atoms with Crippen molar-refractivity contribution < 1.29 is 14.0 Å². The summed E-state index contributed by atoms with van der Waals surface area (Å²) in [4.78, 5) is 30.0. The summed E-state index contributed by atoms with van der Waals surface area (Å²) in [5.74, 6) is 0.0133. The number of furan rings is 1. The third-order valence-corrected chi connectivity index (χ3v) is 5.09. The maximum Gasteiger partial charge on any atom is 0.266 e. The highest BCUT2D eigenvalue weighted by Crippen LogP contribution is 2.30. The van der Waals surface area contributed by atoms with Crippen molar-refractivity contribution >= 4 is 34.7 Å². The summed E-state index contributed by atoms with van der Waals surface area (Å²) in [5, 5.41) is 16.8. The summed E-state index contributed by atoms with van der Waals surface area (Å²) in [7, 11) is 0. The zero-order chi connectivity index (χ0) is 20.2. The molecule has 0 saturated carbocycles. The van der Waals surface area contributed by atoms with Gasteiger partial charge in [0.2, 0.25) is 0 Å². The van der Waals surface area contributed by atoms with E-state index in [1.807, 2.05) is 11.4 Å². The molecule has 0 bridgehead atoms. The van der Waals surface area contributed by atoms with E-state index in [1.54, 1.807) is 48.5 Å². The van der Waals surface area contributed by atoms with Crippen LogP contribution in [0, 0.1) is 11.3 Å². The molecule has 0 saturated heterocycles. The van der Waals surface area contributed by atoms with Gasteiger partial charge in [-0.25, -0.2) is 4.99 Å². The van der Waals surface area contributed by atoms with Crippen LogP contribution in [-0.4, -0.2) is 17.6 Å². The molecule has 2 N–H and O–H groups in total. The molecule has 0 aliphatic carbocycles. The van der Waals surface area contributed by atoms with Crippen molar-refractivity contribution in [1.29, 1.82) is 5.26 Å². The Morgan fingerprint density at radius 2 is 1.93 bits per heavy atom. The van der Waals surface area contributed by atoms with Crippen molar-refractivity contribution in [3.63, 3.8) is 0 Å². The van der Waals surface area contributed by atoms with Crippen LogP contribution in [0.1, 0.15) is 26.6 Å². The summed E-state index contributed by atoms with van der Waals surface area (Å²) in [6.07, 6.45) is 1.51. The highest BCUT2D eigenvalue weighted by Gasteiger charge is 2.27. The molecule has 142 valence electrons. The number of hydrogen-bond donors (Lipinski definition) is 2. The molecular weight excluding hydrogens is 388 g/mol. The van der Waals surface area contributed by atoms with Gasteiger partial charge in [0.25, 0.3) is 11.8 Å². The van der Waals surface area contributed by atoms with E-state index in [-0.39, 0.29) is 23.7 Å². The highest BCUT2D eigenvalue weighted by molar-refractivity contribution is 7.12. The second-order valence-corrected chi connectivity index (χ2v) is 6.98. The Kier molecular flexibility index (Phi) is 5.05. The summed E-state index contributed by atoms with van der Waals surface area (Å²) in [5.41, 5.74) is 1.35. The topological polar surface area (TPSA) is 107 Å². The number of rotatable bonds is 4. The van der Waals surface area contributed by atoms with E-state index in [4.69, 9.17) is 4.42 Å². The predicted octanol–water partition coefficient (Wildman–Crippen LogP) is 3.08. The lowest BCUT2D eigenvalue weighted by Crippen LogP contribution is -2.29. The van der Waals surface area contributed by atoms with Gasteiger partial charge >= 0.3 is 0 Å². The van der Waals surface area contributed by atoms with E-state index in [1.165, 1.54) is 17.6 Å². The van der Waals surface area contributed by atoms with Crippen molar-refractivity contribution in [1.82, 2.24) is 10.6 Å². The van der Waals surface area contributed by atoms with Crippen LogP contribution >= 0.6 is 11.3 Å². The van der Waals surface area contributed by atoms with E-state index < -0.39 is 5.91 Å². The standard InChI is InChI=1S/C21H14N4O3S/c22-11-16(20(26)23-12-13-5-3-9-28-13)18-14-6-1-2-7-15(14)19(24-18)25-21(27)17-8-4-10-29-17/h1-10H,12H2,(H,23,26)(H,24,25,27)/b18-16-. The van der Waals surface area contributed by atoms with Gasteiger partial charge < -0.3 is 15.1 Å². The average Bonchev–Trinajstić information content (AvgIpc) is 3.49. The van der Waals surface area contributed by atoms with Crippen molar-refractivity contribution in [3.05, 3.63) is 87.5 Å². The van der Waals surface area contributed by atoms with E-state index in [9.17, 15) is 14.9 Å². The van der Waals surface area contributed by atoms with Gasteiger partial charge in [0.05, 0.1) is 23.4 Å². The van der Waals surface area contributed by atoms with Gasteiger partial charge in [-0.2, -0.15) is 5.26 Å². The van der Waals surface area contributed by atoms with E-state index in [0.717, 1.165) is 0 Å². The minimum absolute atomic E-state index is 0.135. The van der Waals surface area contributed by atoms with Gasteiger partial charge in [0, 0.05) is 11.1 Å². The number of amidine groups is 1. The van der Waals surface area contributed by atoms with Crippen LogP contribution in [0.4, 0.5) is 0 Å². The van der Waals surface area contributed by atoms with Crippen LogP contribution in [0.25, 0.3) is 5.70 Å². The van der Waals surface area contributed by atoms with Gasteiger partial charge in [-0.1, -0.05) is 30.3 Å². The molecule has 0 fully saturated rings. The van der Waals surface area contributed by atoms with Gasteiger partial charge in [0.15, 0.2) is 0 Å². The lowest BCUT2D eigenvalue weighted by molar-refractivity contribution is -0.117. The third-order valence-electron chi connectivity index (χ3n) is 4.22. The quantitative estimate of drug-likeness (QED) is 0.516. The minimum atomic E-state index is -0.566. The zero-order valence-electron chi connectivity index (χ0n) is 15.0. The molecule has 1 aliphatic heterocycles. The van der Waals surface area contributed by atoms with Crippen LogP contribution < -0.4 is 10.6 Å². The molecule has 3 heterocycles.